The Morgan fingerprint density at radius 3 is 2.58 bits per heavy atom. The number of amides is 1. The summed E-state index contributed by atoms with van der Waals surface area (Å²) in [4.78, 5) is 20.0. The van der Waals surface area contributed by atoms with Crippen molar-refractivity contribution in [2.45, 2.75) is 13.8 Å². The van der Waals surface area contributed by atoms with Crippen molar-refractivity contribution >= 4 is 46.2 Å². The van der Waals surface area contributed by atoms with E-state index in [9.17, 15) is 4.79 Å². The zero-order valence-electron chi connectivity index (χ0n) is 17.8. The minimum Gasteiger partial charge on any atom is -0.493 e. The van der Waals surface area contributed by atoms with E-state index in [2.05, 4.69) is 4.99 Å². The fraction of sp³-hybridized carbons (Fsp3) is 0.304. The molecule has 0 radical (unpaired) electrons. The van der Waals surface area contributed by atoms with Crippen molar-refractivity contribution in [2.24, 2.45) is 4.99 Å². The molecular weight excluding hydrogens is 436 g/mol. The summed E-state index contributed by atoms with van der Waals surface area (Å²) in [5, 5.41) is 1.08. The summed E-state index contributed by atoms with van der Waals surface area (Å²) >= 11 is 7.76. The van der Waals surface area contributed by atoms with Gasteiger partial charge in [-0.3, -0.25) is 9.69 Å². The van der Waals surface area contributed by atoms with Crippen molar-refractivity contribution in [1.82, 2.24) is 4.90 Å². The topological polar surface area (TPSA) is 60.4 Å². The highest BCUT2D eigenvalue weighted by atomic mass is 35.5. The first kappa shape index (κ1) is 23.2. The van der Waals surface area contributed by atoms with Crippen LogP contribution in [0.5, 0.6) is 11.5 Å². The van der Waals surface area contributed by atoms with Crippen molar-refractivity contribution < 1.29 is 19.0 Å². The van der Waals surface area contributed by atoms with Crippen LogP contribution in [0, 0.1) is 0 Å². The first-order chi connectivity index (χ1) is 15.1. The lowest BCUT2D eigenvalue weighted by Crippen LogP contribution is -2.32. The van der Waals surface area contributed by atoms with Gasteiger partial charge in [-0.15, -0.1) is 0 Å². The summed E-state index contributed by atoms with van der Waals surface area (Å²) in [6.45, 7) is 5.74. The molecule has 0 spiro atoms. The highest BCUT2D eigenvalue weighted by Gasteiger charge is 2.33. The molecule has 1 aliphatic rings. The highest BCUT2D eigenvalue weighted by molar-refractivity contribution is 8.18. The normalized spacial score (nSPS) is 16.4. The van der Waals surface area contributed by atoms with Crippen LogP contribution < -0.4 is 9.47 Å². The summed E-state index contributed by atoms with van der Waals surface area (Å²) in [5.74, 6) is 0.983. The summed E-state index contributed by atoms with van der Waals surface area (Å²) in [5.41, 5.74) is 1.45. The lowest BCUT2D eigenvalue weighted by molar-refractivity contribution is -0.122. The second-order valence-corrected chi connectivity index (χ2v) is 7.87. The van der Waals surface area contributed by atoms with Crippen LogP contribution in [0.4, 0.5) is 5.69 Å². The van der Waals surface area contributed by atoms with E-state index in [4.69, 9.17) is 25.8 Å². The number of para-hydroxylation sites is 1. The second-order valence-electron chi connectivity index (χ2n) is 6.45. The molecule has 8 heteroatoms. The van der Waals surface area contributed by atoms with Gasteiger partial charge in [-0.2, -0.15) is 0 Å². The number of aliphatic imine (C=N–C) groups is 1. The highest BCUT2D eigenvalue weighted by Crippen LogP contribution is 2.38. The standard InChI is InChI=1S/C23H25ClN2O4S/c1-4-29-12-11-26-22(27)21(31-23(26)25-17-9-7-6-8-10-17)14-16-13-20(30-5-2)19(28-3)15-18(16)24/h6-10,13-15H,4-5,11-12H2,1-3H3/b21-14-,25-23?. The third-order valence-electron chi connectivity index (χ3n) is 4.40. The quantitative estimate of drug-likeness (QED) is 0.371. The predicted octanol–water partition coefficient (Wildman–Crippen LogP) is 5.39. The summed E-state index contributed by atoms with van der Waals surface area (Å²) < 4.78 is 16.4. The van der Waals surface area contributed by atoms with Crippen molar-refractivity contribution in [3.05, 3.63) is 58.0 Å². The molecule has 6 nitrogen and oxygen atoms in total. The molecule has 1 saturated heterocycles. The van der Waals surface area contributed by atoms with Gasteiger partial charge in [-0.1, -0.05) is 29.8 Å². The van der Waals surface area contributed by atoms with Crippen LogP contribution in [0.1, 0.15) is 19.4 Å². The zero-order chi connectivity index (χ0) is 22.2. The molecule has 164 valence electrons. The molecule has 1 fully saturated rings. The molecule has 2 aromatic carbocycles. The van der Waals surface area contributed by atoms with Gasteiger partial charge in [-0.25, -0.2) is 4.99 Å². The van der Waals surface area contributed by atoms with Gasteiger partial charge in [-0.05, 0) is 55.4 Å². The van der Waals surface area contributed by atoms with Gasteiger partial charge >= 0.3 is 0 Å². The maximum atomic E-state index is 13.2. The second kappa shape index (κ2) is 11.2. The van der Waals surface area contributed by atoms with E-state index in [1.807, 2.05) is 44.2 Å². The molecule has 31 heavy (non-hydrogen) atoms. The van der Waals surface area contributed by atoms with E-state index in [1.54, 1.807) is 30.2 Å². The molecule has 0 N–H and O–H groups in total. The molecule has 0 aliphatic carbocycles. The van der Waals surface area contributed by atoms with Crippen molar-refractivity contribution in [3.63, 3.8) is 0 Å². The first-order valence-electron chi connectivity index (χ1n) is 10.0. The van der Waals surface area contributed by atoms with E-state index in [0.717, 1.165) is 5.69 Å². The average Bonchev–Trinajstić information content (AvgIpc) is 3.05. The number of hydrogen-bond acceptors (Lipinski definition) is 6. The number of rotatable bonds is 9. The minimum atomic E-state index is -0.135. The molecule has 1 amide bonds. The van der Waals surface area contributed by atoms with Crippen LogP contribution in [-0.2, 0) is 9.53 Å². The lowest BCUT2D eigenvalue weighted by atomic mass is 10.1. The molecule has 0 aromatic heterocycles. The molecule has 0 atom stereocenters. The summed E-state index contributed by atoms with van der Waals surface area (Å²) in [7, 11) is 1.56. The number of benzene rings is 2. The van der Waals surface area contributed by atoms with Crippen molar-refractivity contribution in [3.8, 4) is 11.5 Å². The number of carbonyl (C=O) groups is 1. The Labute approximate surface area is 191 Å². The van der Waals surface area contributed by atoms with Crippen molar-refractivity contribution in [1.29, 1.82) is 0 Å². The van der Waals surface area contributed by atoms with E-state index in [0.29, 0.717) is 58.5 Å². The van der Waals surface area contributed by atoms with Crippen molar-refractivity contribution in [2.75, 3.05) is 33.5 Å². The van der Waals surface area contributed by atoms with Gasteiger partial charge in [0.05, 0.1) is 42.5 Å². The van der Waals surface area contributed by atoms with Gasteiger partial charge in [0.2, 0.25) is 0 Å². The smallest absolute Gasteiger partial charge is 0.266 e. The SMILES string of the molecule is CCOCCN1C(=O)/C(=C/c2cc(OCC)c(OC)cc2Cl)SC1=Nc1ccccc1. The largest absolute Gasteiger partial charge is 0.493 e. The molecule has 0 bridgehead atoms. The van der Waals surface area contributed by atoms with Crippen LogP contribution >= 0.6 is 23.4 Å². The predicted molar refractivity (Wildman–Crippen MR) is 126 cm³/mol. The Hall–Kier alpha value is -2.48. The van der Waals surface area contributed by atoms with Gasteiger partial charge in [0.25, 0.3) is 5.91 Å². The molecule has 0 unspecified atom stereocenters. The van der Waals surface area contributed by atoms with Crippen LogP contribution in [-0.4, -0.2) is 49.4 Å². The van der Waals surface area contributed by atoms with Gasteiger partial charge < -0.3 is 14.2 Å². The van der Waals surface area contributed by atoms with Gasteiger partial charge in [0, 0.05) is 12.7 Å². The molecular formula is C23H25ClN2O4S. The number of thioether (sulfide) groups is 1. The average molecular weight is 461 g/mol. The molecule has 1 heterocycles. The molecule has 0 saturated carbocycles. The first-order valence-corrected chi connectivity index (χ1v) is 11.2. The third-order valence-corrected chi connectivity index (χ3v) is 5.74. The summed E-state index contributed by atoms with van der Waals surface area (Å²) in [6, 6.07) is 13.0. The fourth-order valence-corrected chi connectivity index (χ4v) is 4.16. The number of amidine groups is 1. The molecule has 3 rings (SSSR count). The number of halogens is 1. The van der Waals surface area contributed by atoms with E-state index in [1.165, 1.54) is 11.8 Å². The van der Waals surface area contributed by atoms with E-state index in [-0.39, 0.29) is 5.91 Å². The van der Waals surface area contributed by atoms with Crippen LogP contribution in [0.15, 0.2) is 52.4 Å². The Bertz CT molecular complexity index is 979. The maximum absolute atomic E-state index is 13.2. The monoisotopic (exact) mass is 460 g/mol. The van der Waals surface area contributed by atoms with Crippen LogP contribution in [0.3, 0.4) is 0 Å². The fourth-order valence-electron chi connectivity index (χ4n) is 2.93. The zero-order valence-corrected chi connectivity index (χ0v) is 19.3. The minimum absolute atomic E-state index is 0.135. The number of nitrogens with zero attached hydrogens (tertiary/aromatic N) is 2. The Morgan fingerprint density at radius 2 is 1.90 bits per heavy atom. The van der Waals surface area contributed by atoms with Gasteiger partial charge in [0.1, 0.15) is 0 Å². The Balaban J connectivity index is 1.96. The van der Waals surface area contributed by atoms with Crippen LogP contribution in [0.2, 0.25) is 5.02 Å². The summed E-state index contributed by atoms with van der Waals surface area (Å²) in [6.07, 6.45) is 1.76. The molecule has 2 aromatic rings. The Morgan fingerprint density at radius 1 is 1.13 bits per heavy atom. The molecule has 1 aliphatic heterocycles. The number of hydrogen-bond donors (Lipinski definition) is 0. The van der Waals surface area contributed by atoms with Gasteiger partial charge in [0.15, 0.2) is 16.7 Å². The Kier molecular flexibility index (Phi) is 8.40. The third kappa shape index (κ3) is 5.81. The number of carbonyl (C=O) groups excluding carboxylic acids is 1. The maximum Gasteiger partial charge on any atom is 0.266 e. The number of methoxy groups -OCH3 is 1. The van der Waals surface area contributed by atoms with E-state index >= 15 is 0 Å². The number of ether oxygens (including phenoxy) is 3. The van der Waals surface area contributed by atoms with E-state index < -0.39 is 0 Å². The van der Waals surface area contributed by atoms with Crippen LogP contribution in [0.25, 0.3) is 6.08 Å². The lowest BCUT2D eigenvalue weighted by Gasteiger charge is -2.15.